The van der Waals surface area contributed by atoms with Gasteiger partial charge in [0.05, 0.1) is 13.2 Å². The minimum Gasteiger partial charge on any atom is -0.490 e. The molecule has 12 heavy (non-hydrogen) atoms. The molecule has 0 aliphatic heterocycles. The molecular formula is C8H12N2O2. The maximum Gasteiger partial charge on any atom is 0.166 e. The van der Waals surface area contributed by atoms with Crippen molar-refractivity contribution >= 4 is 5.82 Å². The third-order valence-electron chi connectivity index (χ3n) is 1.47. The van der Waals surface area contributed by atoms with Gasteiger partial charge < -0.3 is 15.6 Å². The standard InChI is InChI=1S/C8H12N2O2/c1-2-12-7-6(5-11)3-4-10-8(7)9/h3-4,11H,2,5H2,1H3,(H2,9,10). The van der Waals surface area contributed by atoms with Gasteiger partial charge in [-0.15, -0.1) is 0 Å². The van der Waals surface area contributed by atoms with Crippen molar-refractivity contribution < 1.29 is 9.84 Å². The first-order valence-electron chi connectivity index (χ1n) is 3.76. The molecular weight excluding hydrogens is 156 g/mol. The molecule has 0 spiro atoms. The van der Waals surface area contributed by atoms with Crippen LogP contribution in [-0.4, -0.2) is 16.7 Å². The zero-order valence-corrected chi connectivity index (χ0v) is 6.95. The maximum absolute atomic E-state index is 8.91. The number of hydrogen-bond acceptors (Lipinski definition) is 4. The van der Waals surface area contributed by atoms with Crippen molar-refractivity contribution in [2.75, 3.05) is 12.3 Å². The van der Waals surface area contributed by atoms with Crippen molar-refractivity contribution in [1.82, 2.24) is 4.98 Å². The molecule has 0 amide bonds. The monoisotopic (exact) mass is 168 g/mol. The molecule has 4 nitrogen and oxygen atoms in total. The van der Waals surface area contributed by atoms with E-state index in [0.717, 1.165) is 0 Å². The molecule has 3 N–H and O–H groups in total. The van der Waals surface area contributed by atoms with E-state index >= 15 is 0 Å². The Morgan fingerprint density at radius 3 is 3.00 bits per heavy atom. The fourth-order valence-electron chi connectivity index (χ4n) is 0.942. The summed E-state index contributed by atoms with van der Waals surface area (Å²) in [5.74, 6) is 0.811. The quantitative estimate of drug-likeness (QED) is 0.691. The molecule has 1 rings (SSSR count). The Bertz CT molecular complexity index is 263. The van der Waals surface area contributed by atoms with Crippen molar-refractivity contribution in [3.8, 4) is 5.75 Å². The second-order valence-electron chi connectivity index (χ2n) is 2.28. The van der Waals surface area contributed by atoms with Gasteiger partial charge in [0.1, 0.15) is 0 Å². The van der Waals surface area contributed by atoms with Crippen LogP contribution in [0.5, 0.6) is 5.75 Å². The number of ether oxygens (including phenoxy) is 1. The normalized spacial score (nSPS) is 9.83. The summed E-state index contributed by atoms with van der Waals surface area (Å²) in [4.78, 5) is 3.85. The molecule has 4 heteroatoms. The Kier molecular flexibility index (Phi) is 2.88. The Morgan fingerprint density at radius 2 is 2.42 bits per heavy atom. The summed E-state index contributed by atoms with van der Waals surface area (Å²) in [5.41, 5.74) is 6.21. The van der Waals surface area contributed by atoms with E-state index in [9.17, 15) is 0 Å². The fraction of sp³-hybridized carbons (Fsp3) is 0.375. The molecule has 0 fully saturated rings. The Morgan fingerprint density at radius 1 is 1.67 bits per heavy atom. The molecule has 0 saturated carbocycles. The summed E-state index contributed by atoms with van der Waals surface area (Å²) in [6.45, 7) is 2.29. The van der Waals surface area contributed by atoms with Gasteiger partial charge >= 0.3 is 0 Å². The first-order valence-corrected chi connectivity index (χ1v) is 3.76. The van der Waals surface area contributed by atoms with Crippen molar-refractivity contribution in [3.63, 3.8) is 0 Å². The van der Waals surface area contributed by atoms with Crippen LogP contribution >= 0.6 is 0 Å². The highest BCUT2D eigenvalue weighted by molar-refractivity contribution is 5.50. The molecule has 0 aromatic carbocycles. The second-order valence-corrected chi connectivity index (χ2v) is 2.28. The summed E-state index contributed by atoms with van der Waals surface area (Å²) in [5, 5.41) is 8.91. The second kappa shape index (κ2) is 3.92. The third-order valence-corrected chi connectivity index (χ3v) is 1.47. The highest BCUT2D eigenvalue weighted by Crippen LogP contribution is 2.23. The molecule has 0 bridgehead atoms. The molecule has 66 valence electrons. The summed E-state index contributed by atoms with van der Waals surface area (Å²) in [7, 11) is 0. The van der Waals surface area contributed by atoms with Gasteiger partial charge in [-0.1, -0.05) is 0 Å². The summed E-state index contributed by atoms with van der Waals surface area (Å²) >= 11 is 0. The van der Waals surface area contributed by atoms with Crippen LogP contribution in [0, 0.1) is 0 Å². The van der Waals surface area contributed by atoms with Crippen LogP contribution in [-0.2, 0) is 6.61 Å². The average molecular weight is 168 g/mol. The molecule has 0 unspecified atom stereocenters. The van der Waals surface area contributed by atoms with E-state index in [2.05, 4.69) is 4.98 Å². The van der Waals surface area contributed by atoms with Gasteiger partial charge in [-0.2, -0.15) is 0 Å². The van der Waals surface area contributed by atoms with Crippen LogP contribution in [0.1, 0.15) is 12.5 Å². The topological polar surface area (TPSA) is 68.4 Å². The van der Waals surface area contributed by atoms with E-state index in [1.165, 1.54) is 0 Å². The zero-order valence-electron chi connectivity index (χ0n) is 6.95. The predicted octanol–water partition coefficient (Wildman–Crippen LogP) is 0.555. The summed E-state index contributed by atoms with van der Waals surface area (Å²) in [6, 6.07) is 1.68. The Hall–Kier alpha value is -1.29. The third kappa shape index (κ3) is 1.65. The van der Waals surface area contributed by atoms with Crippen LogP contribution in [0.25, 0.3) is 0 Å². The van der Waals surface area contributed by atoms with Crippen LogP contribution in [0.3, 0.4) is 0 Å². The molecule has 0 aliphatic rings. The summed E-state index contributed by atoms with van der Waals surface area (Å²) in [6.07, 6.45) is 1.55. The lowest BCUT2D eigenvalue weighted by molar-refractivity contribution is 0.267. The molecule has 1 aromatic heterocycles. The highest BCUT2D eigenvalue weighted by atomic mass is 16.5. The van der Waals surface area contributed by atoms with Gasteiger partial charge in [0, 0.05) is 11.8 Å². The number of rotatable bonds is 3. The largest absolute Gasteiger partial charge is 0.490 e. The molecule has 0 aliphatic carbocycles. The van der Waals surface area contributed by atoms with Crippen LogP contribution in [0.4, 0.5) is 5.82 Å². The van der Waals surface area contributed by atoms with Gasteiger partial charge in [0.15, 0.2) is 11.6 Å². The number of aliphatic hydroxyl groups is 1. The Labute approximate surface area is 71.0 Å². The van der Waals surface area contributed by atoms with E-state index in [1.54, 1.807) is 12.3 Å². The lowest BCUT2D eigenvalue weighted by atomic mass is 10.2. The number of anilines is 1. The number of aromatic nitrogens is 1. The molecule has 0 atom stereocenters. The number of nitrogen functional groups attached to an aromatic ring is 1. The van der Waals surface area contributed by atoms with E-state index in [1.807, 2.05) is 6.92 Å². The first kappa shape index (κ1) is 8.80. The Balaban J connectivity index is 3.02. The molecule has 0 radical (unpaired) electrons. The van der Waals surface area contributed by atoms with Gasteiger partial charge in [0.25, 0.3) is 0 Å². The smallest absolute Gasteiger partial charge is 0.166 e. The molecule has 1 heterocycles. The van der Waals surface area contributed by atoms with Crippen LogP contribution < -0.4 is 10.5 Å². The van der Waals surface area contributed by atoms with Crippen molar-refractivity contribution in [1.29, 1.82) is 0 Å². The van der Waals surface area contributed by atoms with Crippen molar-refractivity contribution in [3.05, 3.63) is 17.8 Å². The van der Waals surface area contributed by atoms with E-state index in [4.69, 9.17) is 15.6 Å². The number of nitrogens with zero attached hydrogens (tertiary/aromatic N) is 1. The van der Waals surface area contributed by atoms with Crippen LogP contribution in [0.15, 0.2) is 12.3 Å². The van der Waals surface area contributed by atoms with E-state index in [-0.39, 0.29) is 6.61 Å². The number of aliphatic hydroxyl groups excluding tert-OH is 1. The van der Waals surface area contributed by atoms with E-state index in [0.29, 0.717) is 23.7 Å². The highest BCUT2D eigenvalue weighted by Gasteiger charge is 2.06. The van der Waals surface area contributed by atoms with Gasteiger partial charge in [-0.05, 0) is 13.0 Å². The number of nitrogens with two attached hydrogens (primary N) is 1. The van der Waals surface area contributed by atoms with Gasteiger partial charge in [0.2, 0.25) is 0 Å². The molecule has 0 saturated heterocycles. The minimum absolute atomic E-state index is 0.0813. The zero-order chi connectivity index (χ0) is 8.97. The minimum atomic E-state index is -0.0813. The van der Waals surface area contributed by atoms with Crippen LogP contribution in [0.2, 0.25) is 0 Å². The first-order chi connectivity index (χ1) is 5.79. The van der Waals surface area contributed by atoms with Gasteiger partial charge in [-0.3, -0.25) is 0 Å². The van der Waals surface area contributed by atoms with Gasteiger partial charge in [-0.25, -0.2) is 4.98 Å². The van der Waals surface area contributed by atoms with Crippen molar-refractivity contribution in [2.45, 2.75) is 13.5 Å². The fourth-order valence-corrected chi connectivity index (χ4v) is 0.942. The lowest BCUT2D eigenvalue weighted by Crippen LogP contribution is -2.02. The van der Waals surface area contributed by atoms with Crippen molar-refractivity contribution in [2.24, 2.45) is 0 Å². The maximum atomic E-state index is 8.91. The number of hydrogen-bond donors (Lipinski definition) is 2. The SMILES string of the molecule is CCOc1c(CO)ccnc1N. The molecule has 1 aromatic rings. The van der Waals surface area contributed by atoms with E-state index < -0.39 is 0 Å². The predicted molar refractivity (Wildman–Crippen MR) is 45.7 cm³/mol. The average Bonchev–Trinajstić information content (AvgIpc) is 2.09. The number of pyridine rings is 1. The lowest BCUT2D eigenvalue weighted by Gasteiger charge is -2.09. The summed E-state index contributed by atoms with van der Waals surface area (Å²) < 4.78 is 5.21.